The first-order chi connectivity index (χ1) is 10.8. The van der Waals surface area contributed by atoms with Gasteiger partial charge in [-0.1, -0.05) is 32.1 Å². The monoisotopic (exact) mass is 352 g/mol. The summed E-state index contributed by atoms with van der Waals surface area (Å²) >= 11 is 2.92. The summed E-state index contributed by atoms with van der Waals surface area (Å²) in [5.41, 5.74) is 1.08. The van der Waals surface area contributed by atoms with Crippen molar-refractivity contribution in [3.63, 3.8) is 0 Å². The minimum atomic E-state index is -0.164. The van der Waals surface area contributed by atoms with Crippen molar-refractivity contribution in [3.8, 4) is 0 Å². The number of ether oxygens (including phenoxy) is 1. The van der Waals surface area contributed by atoms with Gasteiger partial charge in [0.15, 0.2) is 0 Å². The van der Waals surface area contributed by atoms with E-state index in [-0.39, 0.29) is 17.4 Å². The van der Waals surface area contributed by atoms with E-state index in [0.717, 1.165) is 15.7 Å². The van der Waals surface area contributed by atoms with Gasteiger partial charge < -0.3 is 9.64 Å². The van der Waals surface area contributed by atoms with Crippen LogP contribution in [0.5, 0.6) is 0 Å². The number of amides is 1. The van der Waals surface area contributed by atoms with E-state index < -0.39 is 0 Å². The van der Waals surface area contributed by atoms with Crippen LogP contribution in [-0.4, -0.2) is 45.7 Å². The summed E-state index contributed by atoms with van der Waals surface area (Å²) in [7, 11) is 0. The van der Waals surface area contributed by atoms with E-state index in [1.807, 2.05) is 6.92 Å². The molecule has 1 aliphatic heterocycles. The number of carbonyl (C=O) groups excluding carboxylic acids is 1. The summed E-state index contributed by atoms with van der Waals surface area (Å²) in [4.78, 5) is 19.0. The van der Waals surface area contributed by atoms with Gasteiger partial charge in [-0.25, -0.2) is 4.98 Å². The number of hydrogen-bond acceptors (Lipinski definition) is 7. The fourth-order valence-electron chi connectivity index (χ4n) is 2.28. The van der Waals surface area contributed by atoms with Crippen LogP contribution in [0.2, 0.25) is 0 Å². The van der Waals surface area contributed by atoms with E-state index in [2.05, 4.69) is 36.3 Å². The molecule has 3 rings (SSSR count). The van der Waals surface area contributed by atoms with Gasteiger partial charge in [0.05, 0.1) is 18.8 Å². The minimum Gasteiger partial charge on any atom is -0.367 e. The highest BCUT2D eigenvalue weighted by Gasteiger charge is 2.30. The number of hydrogen-bond donors (Lipinski definition) is 0. The summed E-state index contributed by atoms with van der Waals surface area (Å²) < 4.78 is 5.83. The standard InChI is InChI=1S/C15H20N4O2S2/c1-9-17-18-13(23-9)14(20)19-5-6-21-10(7-19)12-16-11(8-22-12)15(2,3)4/h8,10H,5-7H2,1-4H3. The van der Waals surface area contributed by atoms with Gasteiger partial charge in [0.25, 0.3) is 5.91 Å². The minimum absolute atomic E-state index is 0.0169. The van der Waals surface area contributed by atoms with Crippen molar-refractivity contribution in [2.75, 3.05) is 19.7 Å². The molecule has 0 bridgehead atoms. The number of thiazole rings is 1. The third-order valence-electron chi connectivity index (χ3n) is 3.63. The maximum atomic E-state index is 12.5. The maximum Gasteiger partial charge on any atom is 0.285 e. The second kappa shape index (κ2) is 6.26. The molecule has 2 aromatic heterocycles. The Kier molecular flexibility index (Phi) is 4.48. The zero-order valence-corrected chi connectivity index (χ0v) is 15.3. The quantitative estimate of drug-likeness (QED) is 0.831. The largest absolute Gasteiger partial charge is 0.367 e. The van der Waals surface area contributed by atoms with Gasteiger partial charge in [-0.3, -0.25) is 4.79 Å². The van der Waals surface area contributed by atoms with Gasteiger partial charge in [-0.2, -0.15) is 0 Å². The average Bonchev–Trinajstić information content (AvgIpc) is 3.15. The molecule has 0 saturated carbocycles. The van der Waals surface area contributed by atoms with Gasteiger partial charge in [-0.05, 0) is 6.92 Å². The lowest BCUT2D eigenvalue weighted by atomic mass is 9.93. The number of aromatic nitrogens is 3. The molecular weight excluding hydrogens is 332 g/mol. The van der Waals surface area contributed by atoms with Crippen molar-refractivity contribution in [1.29, 1.82) is 0 Å². The lowest BCUT2D eigenvalue weighted by Gasteiger charge is -2.31. The molecule has 6 nitrogen and oxygen atoms in total. The molecule has 0 N–H and O–H groups in total. The van der Waals surface area contributed by atoms with Crippen LogP contribution in [0.1, 0.15) is 52.4 Å². The van der Waals surface area contributed by atoms with Crippen molar-refractivity contribution in [2.45, 2.75) is 39.2 Å². The Hall–Kier alpha value is -1.38. The van der Waals surface area contributed by atoms with Gasteiger partial charge in [-0.15, -0.1) is 21.5 Å². The highest BCUT2D eigenvalue weighted by Crippen LogP contribution is 2.30. The Morgan fingerprint density at radius 3 is 2.78 bits per heavy atom. The smallest absolute Gasteiger partial charge is 0.285 e. The van der Waals surface area contributed by atoms with Crippen LogP contribution in [0.15, 0.2) is 5.38 Å². The lowest BCUT2D eigenvalue weighted by Crippen LogP contribution is -2.42. The summed E-state index contributed by atoms with van der Waals surface area (Å²) in [5.74, 6) is -0.0727. The second-order valence-corrected chi connectivity index (χ2v) is 8.63. The summed E-state index contributed by atoms with van der Waals surface area (Å²) in [6.07, 6.45) is -0.164. The molecule has 1 fully saturated rings. The first-order valence-electron chi connectivity index (χ1n) is 7.51. The van der Waals surface area contributed by atoms with Crippen LogP contribution in [0.4, 0.5) is 0 Å². The van der Waals surface area contributed by atoms with E-state index in [9.17, 15) is 4.79 Å². The molecule has 3 heterocycles. The molecule has 1 unspecified atom stereocenters. The molecule has 0 radical (unpaired) electrons. The van der Waals surface area contributed by atoms with Crippen molar-refractivity contribution >= 4 is 28.6 Å². The van der Waals surface area contributed by atoms with Crippen LogP contribution in [0.25, 0.3) is 0 Å². The summed E-state index contributed by atoms with van der Waals surface area (Å²) in [5, 5.41) is 12.1. The molecule has 124 valence electrons. The zero-order chi connectivity index (χ0) is 16.6. The molecule has 8 heteroatoms. The van der Waals surface area contributed by atoms with Crippen molar-refractivity contribution < 1.29 is 9.53 Å². The molecule has 0 spiro atoms. The van der Waals surface area contributed by atoms with Gasteiger partial charge in [0.2, 0.25) is 5.01 Å². The zero-order valence-electron chi connectivity index (χ0n) is 13.7. The van der Waals surface area contributed by atoms with Crippen LogP contribution in [0.3, 0.4) is 0 Å². The lowest BCUT2D eigenvalue weighted by molar-refractivity contribution is -0.0230. The predicted molar refractivity (Wildman–Crippen MR) is 90.1 cm³/mol. The normalized spacial score (nSPS) is 19.1. The van der Waals surface area contributed by atoms with Crippen molar-refractivity contribution in [1.82, 2.24) is 20.1 Å². The molecule has 1 aliphatic rings. The van der Waals surface area contributed by atoms with E-state index >= 15 is 0 Å². The molecule has 0 aliphatic carbocycles. The first kappa shape index (κ1) is 16.5. The third-order valence-corrected chi connectivity index (χ3v) is 5.39. The van der Waals surface area contributed by atoms with Crippen LogP contribution in [-0.2, 0) is 10.2 Å². The molecule has 1 atom stereocenters. The molecule has 0 aromatic carbocycles. The van der Waals surface area contributed by atoms with Gasteiger partial charge >= 0.3 is 0 Å². The second-order valence-electron chi connectivity index (χ2n) is 6.56. The molecule has 1 saturated heterocycles. The van der Waals surface area contributed by atoms with E-state index in [1.54, 1.807) is 16.2 Å². The number of nitrogens with zero attached hydrogens (tertiary/aromatic N) is 4. The molecular formula is C15H20N4O2S2. The number of morpholine rings is 1. The SMILES string of the molecule is Cc1nnc(C(=O)N2CCOC(c3nc(C(C)(C)C)cs3)C2)s1. The third kappa shape index (κ3) is 3.59. The number of rotatable bonds is 2. The fraction of sp³-hybridized carbons (Fsp3) is 0.600. The maximum absolute atomic E-state index is 12.5. The molecule has 2 aromatic rings. The first-order valence-corrected chi connectivity index (χ1v) is 9.21. The van der Waals surface area contributed by atoms with Crippen LogP contribution < -0.4 is 0 Å². The van der Waals surface area contributed by atoms with Crippen molar-refractivity contribution in [2.24, 2.45) is 0 Å². The van der Waals surface area contributed by atoms with E-state index in [0.29, 0.717) is 24.7 Å². The highest BCUT2D eigenvalue weighted by atomic mass is 32.1. The Morgan fingerprint density at radius 2 is 2.17 bits per heavy atom. The predicted octanol–water partition coefficient (Wildman–Crippen LogP) is 2.81. The van der Waals surface area contributed by atoms with Gasteiger partial charge in [0.1, 0.15) is 16.1 Å². The Bertz CT molecular complexity index is 704. The Balaban J connectivity index is 1.73. The summed E-state index contributed by atoms with van der Waals surface area (Å²) in [6.45, 7) is 9.86. The Morgan fingerprint density at radius 1 is 1.39 bits per heavy atom. The van der Waals surface area contributed by atoms with E-state index in [1.165, 1.54) is 11.3 Å². The van der Waals surface area contributed by atoms with Crippen LogP contribution >= 0.6 is 22.7 Å². The van der Waals surface area contributed by atoms with E-state index in [4.69, 9.17) is 9.72 Å². The van der Waals surface area contributed by atoms with Gasteiger partial charge in [0, 0.05) is 17.3 Å². The van der Waals surface area contributed by atoms with Crippen LogP contribution in [0, 0.1) is 6.92 Å². The fourth-order valence-corrected chi connectivity index (χ4v) is 4.02. The Labute approximate surface area is 143 Å². The average molecular weight is 352 g/mol. The molecule has 1 amide bonds. The molecule has 23 heavy (non-hydrogen) atoms. The number of carbonyl (C=O) groups is 1. The van der Waals surface area contributed by atoms with Crippen molar-refractivity contribution in [3.05, 3.63) is 26.1 Å². The summed E-state index contributed by atoms with van der Waals surface area (Å²) in [6, 6.07) is 0. The highest BCUT2D eigenvalue weighted by molar-refractivity contribution is 7.13. The topological polar surface area (TPSA) is 68.2 Å². The number of aryl methyl sites for hydroxylation is 1.